The summed E-state index contributed by atoms with van der Waals surface area (Å²) in [6.07, 6.45) is 5.86. The maximum Gasteiger partial charge on any atom is 0.0220 e. The van der Waals surface area contributed by atoms with Crippen molar-refractivity contribution in [1.82, 2.24) is 0 Å². The Morgan fingerprint density at radius 3 is 2.53 bits per heavy atom. The minimum absolute atomic E-state index is 0.714. The zero-order chi connectivity index (χ0) is 13.1. The fraction of sp³-hybridized carbons (Fsp3) is 0.667. The van der Waals surface area contributed by atoms with Crippen LogP contribution in [0, 0.1) is 43.4 Å². The third-order valence-electron chi connectivity index (χ3n) is 6.13. The molecule has 1 heteroatoms. The lowest BCUT2D eigenvalue weighted by atomic mass is 9.95. The molecule has 1 aromatic carbocycles. The Kier molecular flexibility index (Phi) is 2.85. The van der Waals surface area contributed by atoms with Crippen LogP contribution in [0.4, 0.5) is 0 Å². The van der Waals surface area contributed by atoms with Gasteiger partial charge in [0.25, 0.3) is 0 Å². The maximum absolute atomic E-state index is 4.04. The number of fused-ring (bicyclic) bond motifs is 5. The molecule has 4 rings (SSSR count). The average molecular weight is 319 g/mol. The molecule has 0 saturated heterocycles. The van der Waals surface area contributed by atoms with Crippen molar-refractivity contribution < 1.29 is 0 Å². The highest BCUT2D eigenvalue weighted by Gasteiger charge is 2.66. The van der Waals surface area contributed by atoms with Crippen LogP contribution in [0.2, 0.25) is 0 Å². The average Bonchev–Trinajstić information content (AvgIpc) is 2.83. The van der Waals surface area contributed by atoms with Gasteiger partial charge in [-0.25, -0.2) is 0 Å². The molecule has 5 atom stereocenters. The highest BCUT2D eigenvalue weighted by molar-refractivity contribution is 9.09. The molecule has 102 valence electrons. The molecule has 0 aromatic heterocycles. The highest BCUT2D eigenvalue weighted by atomic mass is 79.9. The van der Waals surface area contributed by atoms with Crippen LogP contribution in [0.25, 0.3) is 0 Å². The Labute approximate surface area is 125 Å². The van der Waals surface area contributed by atoms with Gasteiger partial charge in [-0.3, -0.25) is 0 Å². The zero-order valence-electron chi connectivity index (χ0n) is 11.9. The molecule has 3 aliphatic rings. The van der Waals surface area contributed by atoms with E-state index in [0.29, 0.717) is 4.83 Å². The Hall–Kier alpha value is -0.300. The standard InChI is InChI=1S/C18H23Br/c1-10-3-4-11(2)14(7-10)9-15(19)18-16-12-5-6-13(8-12)17(16)18/h3-4,7,12-13,15-18H,5-6,8-9H2,1-2H3. The molecule has 3 aliphatic carbocycles. The number of rotatable bonds is 3. The molecule has 19 heavy (non-hydrogen) atoms. The minimum atomic E-state index is 0.714. The summed E-state index contributed by atoms with van der Waals surface area (Å²) in [5, 5.41) is 0. The lowest BCUT2D eigenvalue weighted by Gasteiger charge is -2.16. The lowest BCUT2D eigenvalue weighted by Crippen LogP contribution is -2.13. The van der Waals surface area contributed by atoms with Crippen LogP contribution in [0.3, 0.4) is 0 Å². The number of aryl methyl sites for hydroxylation is 2. The molecule has 2 bridgehead atoms. The molecule has 0 amide bonds. The predicted molar refractivity (Wildman–Crippen MR) is 83.6 cm³/mol. The molecule has 0 N–H and O–H groups in total. The molecular weight excluding hydrogens is 296 g/mol. The summed E-state index contributed by atoms with van der Waals surface area (Å²) in [4.78, 5) is 0.714. The molecule has 1 aromatic rings. The normalized spacial score (nSPS) is 40.3. The molecule has 5 unspecified atom stereocenters. The van der Waals surface area contributed by atoms with E-state index in [1.54, 1.807) is 12.0 Å². The molecular formula is C18H23Br. The van der Waals surface area contributed by atoms with Gasteiger partial charge in [0, 0.05) is 4.83 Å². The first-order valence-electron chi connectivity index (χ1n) is 7.85. The first kappa shape index (κ1) is 12.4. The third kappa shape index (κ3) is 1.92. The van der Waals surface area contributed by atoms with Gasteiger partial charge in [0.2, 0.25) is 0 Å². The molecule has 0 spiro atoms. The van der Waals surface area contributed by atoms with Crippen molar-refractivity contribution in [3.8, 4) is 0 Å². The van der Waals surface area contributed by atoms with E-state index in [-0.39, 0.29) is 0 Å². The summed E-state index contributed by atoms with van der Waals surface area (Å²) < 4.78 is 0. The van der Waals surface area contributed by atoms with Crippen LogP contribution in [0.1, 0.15) is 36.0 Å². The van der Waals surface area contributed by atoms with Gasteiger partial charge in [0.1, 0.15) is 0 Å². The minimum Gasteiger partial charge on any atom is -0.0884 e. The Bertz CT molecular complexity index is 490. The first-order valence-corrected chi connectivity index (χ1v) is 8.77. The van der Waals surface area contributed by atoms with Crippen molar-refractivity contribution in [1.29, 1.82) is 0 Å². The van der Waals surface area contributed by atoms with Crippen molar-refractivity contribution in [2.24, 2.45) is 29.6 Å². The molecule has 0 radical (unpaired) electrons. The summed E-state index contributed by atoms with van der Waals surface area (Å²) >= 11 is 4.04. The number of alkyl halides is 1. The fourth-order valence-corrected chi connectivity index (χ4v) is 6.30. The van der Waals surface area contributed by atoms with Crippen molar-refractivity contribution in [3.63, 3.8) is 0 Å². The summed E-state index contributed by atoms with van der Waals surface area (Å²) in [5.41, 5.74) is 4.42. The van der Waals surface area contributed by atoms with Crippen LogP contribution in [-0.2, 0) is 6.42 Å². The van der Waals surface area contributed by atoms with E-state index in [1.165, 1.54) is 30.4 Å². The summed E-state index contributed by atoms with van der Waals surface area (Å²) in [6.45, 7) is 4.46. The second-order valence-electron chi connectivity index (χ2n) is 7.22. The number of hydrogen-bond acceptors (Lipinski definition) is 0. The third-order valence-corrected chi connectivity index (χ3v) is 7.07. The molecule has 0 aliphatic heterocycles. The maximum atomic E-state index is 4.04. The number of halogens is 1. The lowest BCUT2D eigenvalue weighted by molar-refractivity contribution is 0.455. The van der Waals surface area contributed by atoms with Gasteiger partial charge in [0.05, 0.1) is 0 Å². The van der Waals surface area contributed by atoms with Gasteiger partial charge in [-0.15, -0.1) is 0 Å². The van der Waals surface area contributed by atoms with E-state index in [4.69, 9.17) is 0 Å². The monoisotopic (exact) mass is 318 g/mol. The Morgan fingerprint density at radius 2 is 1.84 bits per heavy atom. The number of benzene rings is 1. The summed E-state index contributed by atoms with van der Waals surface area (Å²) in [5.74, 6) is 5.37. The van der Waals surface area contributed by atoms with Crippen molar-refractivity contribution >= 4 is 15.9 Å². The van der Waals surface area contributed by atoms with Gasteiger partial charge in [-0.05, 0) is 80.2 Å². The Balaban J connectivity index is 1.48. The van der Waals surface area contributed by atoms with Crippen LogP contribution < -0.4 is 0 Å². The van der Waals surface area contributed by atoms with Crippen molar-refractivity contribution in [2.75, 3.05) is 0 Å². The van der Waals surface area contributed by atoms with E-state index in [9.17, 15) is 0 Å². The summed E-state index contributed by atoms with van der Waals surface area (Å²) in [7, 11) is 0. The van der Waals surface area contributed by atoms with Crippen LogP contribution in [-0.4, -0.2) is 4.83 Å². The van der Waals surface area contributed by atoms with E-state index < -0.39 is 0 Å². The van der Waals surface area contributed by atoms with Crippen molar-refractivity contribution in [3.05, 3.63) is 34.9 Å². The predicted octanol–water partition coefficient (Wildman–Crippen LogP) is 4.90. The molecule has 3 fully saturated rings. The molecule has 0 heterocycles. The van der Waals surface area contributed by atoms with Crippen LogP contribution in [0.15, 0.2) is 18.2 Å². The number of hydrogen-bond donors (Lipinski definition) is 0. The Morgan fingerprint density at radius 1 is 1.16 bits per heavy atom. The smallest absolute Gasteiger partial charge is 0.0220 e. The van der Waals surface area contributed by atoms with Crippen molar-refractivity contribution in [2.45, 2.75) is 44.4 Å². The zero-order valence-corrected chi connectivity index (χ0v) is 13.5. The molecule has 3 saturated carbocycles. The van der Waals surface area contributed by atoms with Crippen LogP contribution >= 0.6 is 15.9 Å². The second kappa shape index (κ2) is 4.35. The van der Waals surface area contributed by atoms with Gasteiger partial charge < -0.3 is 0 Å². The van der Waals surface area contributed by atoms with Gasteiger partial charge in [0.15, 0.2) is 0 Å². The summed E-state index contributed by atoms with van der Waals surface area (Å²) in [6, 6.07) is 6.90. The highest BCUT2D eigenvalue weighted by Crippen LogP contribution is 2.71. The SMILES string of the molecule is Cc1ccc(C)c(CC(Br)C2C3C4CCC(C4)C23)c1. The van der Waals surface area contributed by atoms with E-state index >= 15 is 0 Å². The van der Waals surface area contributed by atoms with Gasteiger partial charge >= 0.3 is 0 Å². The topological polar surface area (TPSA) is 0 Å². The largest absolute Gasteiger partial charge is 0.0884 e. The van der Waals surface area contributed by atoms with E-state index in [1.807, 2.05) is 0 Å². The second-order valence-corrected chi connectivity index (χ2v) is 8.39. The quantitative estimate of drug-likeness (QED) is 0.695. The van der Waals surface area contributed by atoms with Crippen LogP contribution in [0.5, 0.6) is 0 Å². The van der Waals surface area contributed by atoms with Gasteiger partial charge in [-0.1, -0.05) is 39.7 Å². The van der Waals surface area contributed by atoms with Gasteiger partial charge in [-0.2, -0.15) is 0 Å². The first-order chi connectivity index (χ1) is 9.15. The van der Waals surface area contributed by atoms with E-state index in [0.717, 1.165) is 29.6 Å². The molecule has 0 nitrogen and oxygen atoms in total. The van der Waals surface area contributed by atoms with E-state index in [2.05, 4.69) is 48.0 Å². The fourth-order valence-electron chi connectivity index (χ4n) is 5.24.